The molecule has 0 bridgehead atoms. The van der Waals surface area contributed by atoms with E-state index in [9.17, 15) is 14.4 Å². The van der Waals surface area contributed by atoms with Gasteiger partial charge in [0.15, 0.2) is 0 Å². The summed E-state index contributed by atoms with van der Waals surface area (Å²) in [5.41, 5.74) is 0. The van der Waals surface area contributed by atoms with Crippen LogP contribution in [-0.4, -0.2) is 71.0 Å². The van der Waals surface area contributed by atoms with Crippen LogP contribution in [0.25, 0.3) is 0 Å². The van der Waals surface area contributed by atoms with Crippen molar-refractivity contribution in [3.8, 4) is 0 Å². The van der Waals surface area contributed by atoms with Gasteiger partial charge in [0.1, 0.15) is 6.29 Å². The molecule has 0 fully saturated rings. The second kappa shape index (κ2) is 19.5. The van der Waals surface area contributed by atoms with Crippen LogP contribution >= 0.6 is 0 Å². The first-order valence-electron chi connectivity index (χ1n) is 11.4. The van der Waals surface area contributed by atoms with Crippen molar-refractivity contribution in [3.05, 3.63) is 0 Å². The fourth-order valence-corrected chi connectivity index (χ4v) is 3.48. The molecule has 0 aromatic heterocycles. The van der Waals surface area contributed by atoms with Gasteiger partial charge in [0.05, 0.1) is 0 Å². The van der Waals surface area contributed by atoms with E-state index in [1.807, 2.05) is 21.1 Å². The summed E-state index contributed by atoms with van der Waals surface area (Å²) in [7, 11) is 5.70. The number of rotatable bonds is 20. The lowest BCUT2D eigenvalue weighted by molar-refractivity contribution is -0.124. The van der Waals surface area contributed by atoms with Crippen molar-refractivity contribution in [1.82, 2.24) is 26.6 Å². The van der Waals surface area contributed by atoms with E-state index in [1.54, 1.807) is 0 Å². The maximum absolute atomic E-state index is 12.6. The Morgan fingerprint density at radius 2 is 1.20 bits per heavy atom. The number of carbonyl (C=O) groups excluding carboxylic acids is 3. The second-order valence-corrected chi connectivity index (χ2v) is 8.18. The van der Waals surface area contributed by atoms with E-state index < -0.39 is 0 Å². The van der Waals surface area contributed by atoms with E-state index in [0.717, 1.165) is 64.4 Å². The molecule has 2 amide bonds. The molecule has 0 aromatic rings. The monoisotopic (exact) mass is 427 g/mol. The van der Waals surface area contributed by atoms with Crippen LogP contribution in [0, 0.1) is 5.92 Å². The lowest BCUT2D eigenvalue weighted by Crippen LogP contribution is -2.42. The Morgan fingerprint density at radius 3 is 1.73 bits per heavy atom. The van der Waals surface area contributed by atoms with Crippen LogP contribution in [0.5, 0.6) is 0 Å². The predicted molar refractivity (Wildman–Crippen MR) is 122 cm³/mol. The molecule has 0 radical (unpaired) electrons. The topological polar surface area (TPSA) is 111 Å². The minimum atomic E-state index is -0.190. The van der Waals surface area contributed by atoms with Crippen molar-refractivity contribution in [1.29, 1.82) is 0 Å². The molecule has 176 valence electrons. The maximum Gasteiger partial charge on any atom is 0.222 e. The average molecular weight is 428 g/mol. The van der Waals surface area contributed by atoms with E-state index in [1.165, 1.54) is 0 Å². The molecule has 0 aliphatic carbocycles. The van der Waals surface area contributed by atoms with Gasteiger partial charge >= 0.3 is 0 Å². The summed E-state index contributed by atoms with van der Waals surface area (Å²) in [5.74, 6) is 0.213. The molecule has 0 aromatic carbocycles. The van der Waals surface area contributed by atoms with Crippen LogP contribution in [0.2, 0.25) is 0 Å². The van der Waals surface area contributed by atoms with Gasteiger partial charge in [0, 0.05) is 31.3 Å². The zero-order chi connectivity index (χ0) is 22.6. The summed E-state index contributed by atoms with van der Waals surface area (Å²) in [6, 6.07) is -0.339. The highest BCUT2D eigenvalue weighted by atomic mass is 16.2. The summed E-state index contributed by atoms with van der Waals surface area (Å²) in [6.07, 6.45) is 7.20. The van der Waals surface area contributed by atoms with Gasteiger partial charge in [-0.1, -0.05) is 6.92 Å². The van der Waals surface area contributed by atoms with Gasteiger partial charge in [0.2, 0.25) is 11.8 Å². The Labute approximate surface area is 183 Å². The molecule has 3 atom stereocenters. The molecule has 8 heteroatoms. The molecule has 0 heterocycles. The van der Waals surface area contributed by atoms with Crippen LogP contribution in [0.3, 0.4) is 0 Å². The average Bonchev–Trinajstić information content (AvgIpc) is 2.68. The molecule has 0 rings (SSSR count). The minimum absolute atomic E-state index is 0.00711. The van der Waals surface area contributed by atoms with Crippen molar-refractivity contribution in [2.75, 3.05) is 40.8 Å². The molecule has 0 saturated heterocycles. The van der Waals surface area contributed by atoms with Crippen molar-refractivity contribution >= 4 is 18.1 Å². The number of hydrogen-bond donors (Lipinski definition) is 5. The third-order valence-corrected chi connectivity index (χ3v) is 5.16. The third kappa shape index (κ3) is 16.3. The zero-order valence-electron chi connectivity index (χ0n) is 19.5. The molecule has 0 aliphatic heterocycles. The van der Waals surface area contributed by atoms with Crippen molar-refractivity contribution in [2.45, 2.75) is 76.8 Å². The highest BCUT2D eigenvalue weighted by Crippen LogP contribution is 2.11. The summed E-state index contributed by atoms with van der Waals surface area (Å²) >= 11 is 0. The predicted octanol–water partition coefficient (Wildman–Crippen LogP) is 0.960. The first-order valence-corrected chi connectivity index (χ1v) is 11.4. The first kappa shape index (κ1) is 28.5. The lowest BCUT2D eigenvalue weighted by atomic mass is 10.00. The summed E-state index contributed by atoms with van der Waals surface area (Å²) < 4.78 is 0. The smallest absolute Gasteiger partial charge is 0.222 e. The maximum atomic E-state index is 12.6. The molecule has 30 heavy (non-hydrogen) atoms. The van der Waals surface area contributed by atoms with Gasteiger partial charge < -0.3 is 31.4 Å². The number of amides is 2. The standard InChI is InChI=1S/C22H45N5O3/c1-18(8-5-12-23-2)16-21(29)27-20(10-7-14-25-4)17-22(30)26-19(11-15-28)9-6-13-24-3/h15,18-20,23-25H,5-14,16-17H2,1-4H3,(H,26,30)(H,27,29). The van der Waals surface area contributed by atoms with Gasteiger partial charge in [-0.3, -0.25) is 9.59 Å². The van der Waals surface area contributed by atoms with Gasteiger partial charge in [-0.25, -0.2) is 0 Å². The SMILES string of the molecule is CNCCCC(C)CC(=O)NC(CCCNC)CC(=O)NC(CC=O)CCCNC. The first-order chi connectivity index (χ1) is 14.5. The van der Waals surface area contributed by atoms with E-state index in [2.05, 4.69) is 33.5 Å². The Kier molecular flexibility index (Phi) is 18.5. The summed E-state index contributed by atoms with van der Waals surface area (Å²) in [5, 5.41) is 15.3. The Balaban J connectivity index is 4.63. The Bertz CT molecular complexity index is 462. The molecule has 3 unspecified atom stereocenters. The normalized spacial score (nSPS) is 14.0. The van der Waals surface area contributed by atoms with E-state index in [4.69, 9.17) is 0 Å². The quantitative estimate of drug-likeness (QED) is 0.146. The second-order valence-electron chi connectivity index (χ2n) is 8.18. The number of aldehydes is 1. The van der Waals surface area contributed by atoms with Gasteiger partial charge in [-0.15, -0.1) is 0 Å². The molecular formula is C22H45N5O3. The zero-order valence-corrected chi connectivity index (χ0v) is 19.5. The van der Waals surface area contributed by atoms with Gasteiger partial charge in [-0.2, -0.15) is 0 Å². The molecular weight excluding hydrogens is 382 g/mol. The Morgan fingerprint density at radius 1 is 0.733 bits per heavy atom. The van der Waals surface area contributed by atoms with Gasteiger partial charge in [-0.05, 0) is 85.2 Å². The summed E-state index contributed by atoms with van der Waals surface area (Å²) in [6.45, 7) is 4.73. The van der Waals surface area contributed by atoms with Crippen LogP contribution in [0.4, 0.5) is 0 Å². The molecule has 0 spiro atoms. The fraction of sp³-hybridized carbons (Fsp3) is 0.864. The van der Waals surface area contributed by atoms with Gasteiger partial charge in [0.25, 0.3) is 0 Å². The van der Waals surface area contributed by atoms with E-state index in [-0.39, 0.29) is 30.3 Å². The van der Waals surface area contributed by atoms with Crippen molar-refractivity contribution in [3.63, 3.8) is 0 Å². The van der Waals surface area contributed by atoms with Crippen molar-refractivity contribution in [2.24, 2.45) is 5.92 Å². The van der Waals surface area contributed by atoms with Crippen LogP contribution in [-0.2, 0) is 14.4 Å². The van der Waals surface area contributed by atoms with Crippen LogP contribution < -0.4 is 26.6 Å². The minimum Gasteiger partial charge on any atom is -0.353 e. The van der Waals surface area contributed by atoms with E-state index >= 15 is 0 Å². The number of nitrogens with one attached hydrogen (secondary N) is 5. The largest absolute Gasteiger partial charge is 0.353 e. The summed E-state index contributed by atoms with van der Waals surface area (Å²) in [4.78, 5) is 36.0. The number of carbonyl (C=O) groups is 3. The van der Waals surface area contributed by atoms with Crippen molar-refractivity contribution < 1.29 is 14.4 Å². The molecule has 0 aliphatic rings. The molecule has 5 N–H and O–H groups in total. The number of hydrogen-bond acceptors (Lipinski definition) is 6. The van der Waals surface area contributed by atoms with Crippen LogP contribution in [0.1, 0.15) is 64.7 Å². The highest BCUT2D eigenvalue weighted by molar-refractivity contribution is 5.80. The molecule has 0 saturated carbocycles. The van der Waals surface area contributed by atoms with E-state index in [0.29, 0.717) is 18.8 Å². The Hall–Kier alpha value is -1.51. The fourth-order valence-electron chi connectivity index (χ4n) is 3.48. The van der Waals surface area contributed by atoms with Crippen LogP contribution in [0.15, 0.2) is 0 Å². The lowest BCUT2D eigenvalue weighted by Gasteiger charge is -2.22. The third-order valence-electron chi connectivity index (χ3n) is 5.16. The molecule has 8 nitrogen and oxygen atoms in total. The highest BCUT2D eigenvalue weighted by Gasteiger charge is 2.19.